The lowest BCUT2D eigenvalue weighted by Gasteiger charge is -2.11. The molecule has 1 aromatic carbocycles. The van der Waals surface area contributed by atoms with E-state index < -0.39 is 0 Å². The second-order valence-electron chi connectivity index (χ2n) is 5.19. The second kappa shape index (κ2) is 6.36. The van der Waals surface area contributed by atoms with E-state index in [-0.39, 0.29) is 5.91 Å². The number of nitrogens with zero attached hydrogens (tertiary/aromatic N) is 2. The fourth-order valence-electron chi connectivity index (χ4n) is 2.36. The molecule has 116 valence electrons. The first-order valence-corrected chi connectivity index (χ1v) is 7.29. The van der Waals surface area contributed by atoms with Gasteiger partial charge in [0.15, 0.2) is 0 Å². The molecule has 23 heavy (non-hydrogen) atoms. The number of amides is 1. The maximum absolute atomic E-state index is 12.1. The number of hydrogen-bond donors (Lipinski definition) is 1. The van der Waals surface area contributed by atoms with Crippen LogP contribution in [0.4, 0.5) is 5.69 Å². The standard InChI is InChI=1S/C18H17N3O2/c1-13-12-14(2)21(20-13)17-8-4-3-7-16(17)19-18(22)10-9-15-6-5-11-23-15/h3-12H,1-2H3,(H,19,22)/b10-9+. The maximum Gasteiger partial charge on any atom is 0.248 e. The Labute approximate surface area is 134 Å². The molecular weight excluding hydrogens is 290 g/mol. The number of aromatic nitrogens is 2. The number of furan rings is 1. The Morgan fingerprint density at radius 1 is 1.22 bits per heavy atom. The van der Waals surface area contributed by atoms with Gasteiger partial charge in [-0.3, -0.25) is 4.79 Å². The van der Waals surface area contributed by atoms with Crippen molar-refractivity contribution in [3.8, 4) is 5.69 Å². The first-order chi connectivity index (χ1) is 11.1. The zero-order chi connectivity index (χ0) is 16.2. The molecule has 1 N–H and O–H groups in total. The average Bonchev–Trinajstić information content (AvgIpc) is 3.15. The van der Waals surface area contributed by atoms with Crippen molar-refractivity contribution in [3.63, 3.8) is 0 Å². The third-order valence-electron chi connectivity index (χ3n) is 3.34. The quantitative estimate of drug-likeness (QED) is 0.747. The lowest BCUT2D eigenvalue weighted by Crippen LogP contribution is -2.11. The Hall–Kier alpha value is -3.08. The van der Waals surface area contributed by atoms with E-state index in [9.17, 15) is 4.79 Å². The molecule has 1 amide bonds. The van der Waals surface area contributed by atoms with Crippen LogP contribution < -0.4 is 5.32 Å². The number of carbonyl (C=O) groups excluding carboxylic acids is 1. The van der Waals surface area contributed by atoms with Crippen LogP contribution in [0.3, 0.4) is 0 Å². The van der Waals surface area contributed by atoms with Gasteiger partial charge in [-0.2, -0.15) is 5.10 Å². The molecule has 0 saturated carbocycles. The van der Waals surface area contributed by atoms with Gasteiger partial charge in [-0.15, -0.1) is 0 Å². The molecule has 0 fully saturated rings. The first kappa shape index (κ1) is 14.8. The Bertz CT molecular complexity index is 845. The van der Waals surface area contributed by atoms with E-state index in [1.54, 1.807) is 24.5 Å². The van der Waals surface area contributed by atoms with E-state index in [2.05, 4.69) is 10.4 Å². The van der Waals surface area contributed by atoms with Crippen molar-refractivity contribution in [2.75, 3.05) is 5.32 Å². The molecule has 2 aromatic heterocycles. The molecule has 0 unspecified atom stereocenters. The van der Waals surface area contributed by atoms with Crippen molar-refractivity contribution in [2.45, 2.75) is 13.8 Å². The van der Waals surface area contributed by atoms with E-state index in [1.807, 2.05) is 48.9 Å². The number of para-hydroxylation sites is 2. The minimum absolute atomic E-state index is 0.226. The van der Waals surface area contributed by atoms with Gasteiger partial charge in [-0.1, -0.05) is 12.1 Å². The maximum atomic E-state index is 12.1. The third-order valence-corrected chi connectivity index (χ3v) is 3.34. The summed E-state index contributed by atoms with van der Waals surface area (Å²) in [7, 11) is 0. The van der Waals surface area contributed by atoms with Gasteiger partial charge < -0.3 is 9.73 Å². The summed E-state index contributed by atoms with van der Waals surface area (Å²) in [4.78, 5) is 12.1. The van der Waals surface area contributed by atoms with E-state index in [4.69, 9.17) is 4.42 Å². The highest BCUT2D eigenvalue weighted by Gasteiger charge is 2.09. The topological polar surface area (TPSA) is 60.1 Å². The summed E-state index contributed by atoms with van der Waals surface area (Å²) in [6, 6.07) is 13.1. The molecule has 0 aliphatic rings. The van der Waals surface area contributed by atoms with Crippen molar-refractivity contribution < 1.29 is 9.21 Å². The van der Waals surface area contributed by atoms with E-state index in [0.717, 1.165) is 17.1 Å². The Balaban J connectivity index is 1.83. The van der Waals surface area contributed by atoms with E-state index in [0.29, 0.717) is 11.4 Å². The highest BCUT2D eigenvalue weighted by molar-refractivity contribution is 6.02. The number of aryl methyl sites for hydroxylation is 2. The molecule has 0 bridgehead atoms. The van der Waals surface area contributed by atoms with Crippen molar-refractivity contribution in [2.24, 2.45) is 0 Å². The zero-order valence-corrected chi connectivity index (χ0v) is 13.0. The molecule has 0 saturated heterocycles. The van der Waals surface area contributed by atoms with Gasteiger partial charge in [0.25, 0.3) is 0 Å². The molecule has 2 heterocycles. The van der Waals surface area contributed by atoms with Crippen LogP contribution in [0.25, 0.3) is 11.8 Å². The minimum atomic E-state index is -0.226. The van der Waals surface area contributed by atoms with Crippen LogP contribution in [0.5, 0.6) is 0 Å². The average molecular weight is 307 g/mol. The Kier molecular flexibility index (Phi) is 4.10. The van der Waals surface area contributed by atoms with Gasteiger partial charge in [0, 0.05) is 11.8 Å². The summed E-state index contributed by atoms with van der Waals surface area (Å²) in [5, 5.41) is 7.35. The molecule has 5 nitrogen and oxygen atoms in total. The number of rotatable bonds is 4. The largest absolute Gasteiger partial charge is 0.465 e. The van der Waals surface area contributed by atoms with Gasteiger partial charge in [-0.05, 0) is 50.3 Å². The molecule has 0 atom stereocenters. The molecule has 0 spiro atoms. The van der Waals surface area contributed by atoms with E-state index >= 15 is 0 Å². The fourth-order valence-corrected chi connectivity index (χ4v) is 2.36. The predicted molar refractivity (Wildman–Crippen MR) is 89.4 cm³/mol. The number of carbonyl (C=O) groups is 1. The van der Waals surface area contributed by atoms with Crippen LogP contribution >= 0.6 is 0 Å². The van der Waals surface area contributed by atoms with Crippen molar-refractivity contribution in [3.05, 3.63) is 72.0 Å². The fraction of sp³-hybridized carbons (Fsp3) is 0.111. The van der Waals surface area contributed by atoms with Crippen LogP contribution in [-0.4, -0.2) is 15.7 Å². The van der Waals surface area contributed by atoms with Crippen LogP contribution in [0.15, 0.2) is 59.2 Å². The molecule has 5 heteroatoms. The summed E-state index contributed by atoms with van der Waals surface area (Å²) < 4.78 is 6.99. The number of hydrogen-bond acceptors (Lipinski definition) is 3. The zero-order valence-electron chi connectivity index (χ0n) is 13.0. The Morgan fingerprint density at radius 2 is 2.04 bits per heavy atom. The van der Waals surface area contributed by atoms with Crippen LogP contribution in [-0.2, 0) is 4.79 Å². The van der Waals surface area contributed by atoms with Crippen LogP contribution in [0.2, 0.25) is 0 Å². The summed E-state index contributed by atoms with van der Waals surface area (Å²) in [5.41, 5.74) is 3.47. The summed E-state index contributed by atoms with van der Waals surface area (Å²) >= 11 is 0. The Morgan fingerprint density at radius 3 is 2.74 bits per heavy atom. The molecule has 3 rings (SSSR count). The lowest BCUT2D eigenvalue weighted by atomic mass is 10.2. The first-order valence-electron chi connectivity index (χ1n) is 7.29. The van der Waals surface area contributed by atoms with Gasteiger partial charge in [0.1, 0.15) is 5.76 Å². The van der Waals surface area contributed by atoms with Gasteiger partial charge in [0.05, 0.1) is 23.3 Å². The molecule has 0 aliphatic heterocycles. The molecule has 0 radical (unpaired) electrons. The van der Waals surface area contributed by atoms with Crippen LogP contribution in [0, 0.1) is 13.8 Å². The van der Waals surface area contributed by atoms with Crippen molar-refractivity contribution in [1.29, 1.82) is 0 Å². The molecule has 0 aliphatic carbocycles. The normalized spacial score (nSPS) is 11.0. The lowest BCUT2D eigenvalue weighted by molar-refractivity contribution is -0.111. The minimum Gasteiger partial charge on any atom is -0.465 e. The highest BCUT2D eigenvalue weighted by atomic mass is 16.3. The number of nitrogens with one attached hydrogen (secondary N) is 1. The van der Waals surface area contributed by atoms with Gasteiger partial charge in [-0.25, -0.2) is 4.68 Å². The third kappa shape index (κ3) is 3.40. The van der Waals surface area contributed by atoms with Gasteiger partial charge in [0.2, 0.25) is 5.91 Å². The van der Waals surface area contributed by atoms with Crippen LogP contribution in [0.1, 0.15) is 17.1 Å². The monoisotopic (exact) mass is 307 g/mol. The highest BCUT2D eigenvalue weighted by Crippen LogP contribution is 2.21. The summed E-state index contributed by atoms with van der Waals surface area (Å²) in [6.07, 6.45) is 4.63. The number of benzene rings is 1. The summed E-state index contributed by atoms with van der Waals surface area (Å²) in [6.45, 7) is 3.92. The predicted octanol–water partition coefficient (Wildman–Crippen LogP) is 3.73. The summed E-state index contributed by atoms with van der Waals surface area (Å²) in [5.74, 6) is 0.405. The van der Waals surface area contributed by atoms with Crippen molar-refractivity contribution >= 4 is 17.7 Å². The van der Waals surface area contributed by atoms with E-state index in [1.165, 1.54) is 6.08 Å². The molecular formula is C18H17N3O2. The molecule has 3 aromatic rings. The second-order valence-corrected chi connectivity index (χ2v) is 5.19. The smallest absolute Gasteiger partial charge is 0.248 e. The number of anilines is 1. The van der Waals surface area contributed by atoms with Gasteiger partial charge >= 0.3 is 0 Å². The SMILES string of the molecule is Cc1cc(C)n(-c2ccccc2NC(=O)/C=C/c2ccco2)n1. The van der Waals surface area contributed by atoms with Crippen molar-refractivity contribution in [1.82, 2.24) is 9.78 Å².